The van der Waals surface area contributed by atoms with Crippen LogP contribution in [-0.2, 0) is 14.3 Å². The Balaban J connectivity index is 2.04. The van der Waals surface area contributed by atoms with Gasteiger partial charge in [0.15, 0.2) is 0 Å². The van der Waals surface area contributed by atoms with E-state index in [0.717, 1.165) is 51.5 Å². The SMILES string of the molecule is COC(=O)CC1CCCCN1C(=O)C1CCCCCC1N. The van der Waals surface area contributed by atoms with Gasteiger partial charge in [0, 0.05) is 18.6 Å². The molecule has 120 valence electrons. The molecule has 0 aromatic rings. The van der Waals surface area contributed by atoms with E-state index in [1.54, 1.807) is 0 Å². The maximum Gasteiger partial charge on any atom is 0.307 e. The van der Waals surface area contributed by atoms with Gasteiger partial charge in [0.2, 0.25) is 5.91 Å². The third-order valence-electron chi connectivity index (χ3n) is 4.93. The maximum absolute atomic E-state index is 12.9. The minimum absolute atomic E-state index is 0.00541. The molecule has 1 heterocycles. The van der Waals surface area contributed by atoms with E-state index < -0.39 is 0 Å². The zero-order chi connectivity index (χ0) is 15.2. The molecule has 0 aromatic carbocycles. The first-order valence-electron chi connectivity index (χ1n) is 8.26. The number of nitrogens with zero attached hydrogens (tertiary/aromatic N) is 1. The molecule has 1 saturated heterocycles. The van der Waals surface area contributed by atoms with E-state index in [9.17, 15) is 9.59 Å². The van der Waals surface area contributed by atoms with E-state index in [-0.39, 0.29) is 29.9 Å². The zero-order valence-electron chi connectivity index (χ0n) is 13.1. The molecular formula is C16H28N2O3. The van der Waals surface area contributed by atoms with Gasteiger partial charge in [-0.1, -0.05) is 19.3 Å². The number of hydrogen-bond acceptors (Lipinski definition) is 4. The average Bonchev–Trinajstić information content (AvgIpc) is 2.71. The Bertz CT molecular complexity index is 373. The summed E-state index contributed by atoms with van der Waals surface area (Å²) in [7, 11) is 1.40. The Labute approximate surface area is 127 Å². The number of carbonyl (C=O) groups is 2. The summed E-state index contributed by atoms with van der Waals surface area (Å²) in [5.74, 6) is -0.131. The van der Waals surface area contributed by atoms with Gasteiger partial charge in [-0.2, -0.15) is 0 Å². The highest BCUT2D eigenvalue weighted by Crippen LogP contribution is 2.28. The van der Waals surface area contributed by atoms with Crippen molar-refractivity contribution in [2.75, 3.05) is 13.7 Å². The molecule has 2 fully saturated rings. The lowest BCUT2D eigenvalue weighted by Gasteiger charge is -2.38. The molecular weight excluding hydrogens is 268 g/mol. The highest BCUT2D eigenvalue weighted by molar-refractivity contribution is 5.81. The number of amides is 1. The summed E-state index contributed by atoms with van der Waals surface area (Å²) in [4.78, 5) is 26.4. The van der Waals surface area contributed by atoms with Crippen LogP contribution in [0.15, 0.2) is 0 Å². The van der Waals surface area contributed by atoms with Gasteiger partial charge < -0.3 is 15.4 Å². The lowest BCUT2D eigenvalue weighted by molar-refractivity contribution is -0.146. The van der Waals surface area contributed by atoms with E-state index in [1.165, 1.54) is 13.5 Å². The first-order chi connectivity index (χ1) is 10.1. The summed E-state index contributed by atoms with van der Waals surface area (Å²) in [6.45, 7) is 0.754. The summed E-state index contributed by atoms with van der Waals surface area (Å²) in [5, 5.41) is 0. The predicted molar refractivity (Wildman–Crippen MR) is 80.5 cm³/mol. The van der Waals surface area contributed by atoms with Gasteiger partial charge in [-0.3, -0.25) is 9.59 Å². The highest BCUT2D eigenvalue weighted by atomic mass is 16.5. The molecule has 0 aromatic heterocycles. The molecule has 2 aliphatic rings. The number of esters is 1. The smallest absolute Gasteiger partial charge is 0.307 e. The van der Waals surface area contributed by atoms with Gasteiger partial charge in [0.05, 0.1) is 19.4 Å². The first-order valence-corrected chi connectivity index (χ1v) is 8.26. The minimum atomic E-state index is -0.232. The molecule has 5 nitrogen and oxygen atoms in total. The molecule has 0 spiro atoms. The van der Waals surface area contributed by atoms with Crippen LogP contribution in [0.1, 0.15) is 57.8 Å². The predicted octanol–water partition coefficient (Wildman–Crippen LogP) is 1.84. The minimum Gasteiger partial charge on any atom is -0.469 e. The van der Waals surface area contributed by atoms with Crippen molar-refractivity contribution in [3.8, 4) is 0 Å². The van der Waals surface area contributed by atoms with Crippen LogP contribution in [0.5, 0.6) is 0 Å². The highest BCUT2D eigenvalue weighted by Gasteiger charge is 2.35. The Kier molecular flexibility index (Phi) is 6.03. The van der Waals surface area contributed by atoms with E-state index in [0.29, 0.717) is 6.42 Å². The van der Waals surface area contributed by atoms with Crippen LogP contribution in [0.25, 0.3) is 0 Å². The number of nitrogens with two attached hydrogens (primary N) is 1. The quantitative estimate of drug-likeness (QED) is 0.637. The van der Waals surface area contributed by atoms with Gasteiger partial charge in [-0.25, -0.2) is 0 Å². The van der Waals surface area contributed by atoms with Gasteiger partial charge in [0.1, 0.15) is 0 Å². The second-order valence-electron chi connectivity index (χ2n) is 6.37. The number of methoxy groups -OCH3 is 1. The van der Waals surface area contributed by atoms with E-state index in [1.807, 2.05) is 4.90 Å². The van der Waals surface area contributed by atoms with Crippen molar-refractivity contribution in [1.29, 1.82) is 0 Å². The second kappa shape index (κ2) is 7.78. The van der Waals surface area contributed by atoms with E-state index in [2.05, 4.69) is 0 Å². The lowest BCUT2D eigenvalue weighted by Crippen LogP contribution is -2.50. The lowest BCUT2D eigenvalue weighted by atomic mass is 9.91. The van der Waals surface area contributed by atoms with E-state index in [4.69, 9.17) is 10.5 Å². The average molecular weight is 296 g/mol. The molecule has 1 saturated carbocycles. The topological polar surface area (TPSA) is 72.6 Å². The molecule has 1 aliphatic heterocycles. The number of carbonyl (C=O) groups excluding carboxylic acids is 2. The first kappa shape index (κ1) is 16.3. The van der Waals surface area contributed by atoms with Crippen molar-refractivity contribution in [2.45, 2.75) is 69.9 Å². The Hall–Kier alpha value is -1.10. The fraction of sp³-hybridized carbons (Fsp3) is 0.875. The molecule has 0 bridgehead atoms. The van der Waals surface area contributed by atoms with Crippen molar-refractivity contribution in [3.05, 3.63) is 0 Å². The summed E-state index contributed by atoms with van der Waals surface area (Å²) < 4.78 is 4.77. The molecule has 0 radical (unpaired) electrons. The Morgan fingerprint density at radius 3 is 2.57 bits per heavy atom. The molecule has 2 rings (SSSR count). The fourth-order valence-corrected chi connectivity index (χ4v) is 3.63. The number of piperidine rings is 1. The van der Waals surface area contributed by atoms with Gasteiger partial charge in [-0.05, 0) is 32.1 Å². The zero-order valence-corrected chi connectivity index (χ0v) is 13.1. The van der Waals surface area contributed by atoms with Crippen LogP contribution in [0.4, 0.5) is 0 Å². The standard InChI is InChI=1S/C16H28N2O3/c1-21-15(19)11-12-7-5-6-10-18(12)16(20)13-8-3-2-4-9-14(13)17/h12-14H,2-11,17H2,1H3. The normalized spacial score (nSPS) is 30.6. The number of hydrogen-bond donors (Lipinski definition) is 1. The fourth-order valence-electron chi connectivity index (χ4n) is 3.63. The molecule has 2 N–H and O–H groups in total. The van der Waals surface area contributed by atoms with Crippen LogP contribution in [-0.4, -0.2) is 42.5 Å². The van der Waals surface area contributed by atoms with Crippen LogP contribution < -0.4 is 5.73 Å². The van der Waals surface area contributed by atoms with Crippen LogP contribution in [0.3, 0.4) is 0 Å². The second-order valence-corrected chi connectivity index (χ2v) is 6.37. The van der Waals surface area contributed by atoms with Crippen LogP contribution in [0, 0.1) is 5.92 Å². The van der Waals surface area contributed by atoms with Gasteiger partial charge in [0.25, 0.3) is 0 Å². The molecule has 5 heteroatoms. The third kappa shape index (κ3) is 4.19. The van der Waals surface area contributed by atoms with Crippen LogP contribution in [0.2, 0.25) is 0 Å². The van der Waals surface area contributed by atoms with Crippen molar-refractivity contribution in [1.82, 2.24) is 4.90 Å². The number of likely N-dealkylation sites (tertiary alicyclic amines) is 1. The molecule has 3 unspecified atom stereocenters. The Morgan fingerprint density at radius 2 is 1.81 bits per heavy atom. The molecule has 21 heavy (non-hydrogen) atoms. The summed E-state index contributed by atoms with van der Waals surface area (Å²) in [6.07, 6.45) is 8.49. The third-order valence-corrected chi connectivity index (χ3v) is 4.93. The Morgan fingerprint density at radius 1 is 1.10 bits per heavy atom. The van der Waals surface area contributed by atoms with E-state index >= 15 is 0 Å². The van der Waals surface area contributed by atoms with Crippen LogP contribution >= 0.6 is 0 Å². The monoisotopic (exact) mass is 296 g/mol. The van der Waals surface area contributed by atoms with Gasteiger partial charge >= 0.3 is 5.97 Å². The summed E-state index contributed by atoms with van der Waals surface area (Å²) in [6, 6.07) is -0.0325. The van der Waals surface area contributed by atoms with Crippen molar-refractivity contribution in [3.63, 3.8) is 0 Å². The number of rotatable bonds is 3. The number of ether oxygens (including phenoxy) is 1. The maximum atomic E-state index is 12.9. The summed E-state index contributed by atoms with van der Waals surface area (Å²) in [5.41, 5.74) is 6.22. The van der Waals surface area contributed by atoms with Crippen molar-refractivity contribution < 1.29 is 14.3 Å². The molecule has 1 amide bonds. The van der Waals surface area contributed by atoms with Crippen molar-refractivity contribution in [2.24, 2.45) is 11.7 Å². The largest absolute Gasteiger partial charge is 0.469 e. The molecule has 3 atom stereocenters. The molecule has 1 aliphatic carbocycles. The van der Waals surface area contributed by atoms with Crippen molar-refractivity contribution >= 4 is 11.9 Å². The van der Waals surface area contributed by atoms with Gasteiger partial charge in [-0.15, -0.1) is 0 Å². The summed E-state index contributed by atoms with van der Waals surface area (Å²) >= 11 is 0.